The topological polar surface area (TPSA) is 35.6 Å². The predicted molar refractivity (Wildman–Crippen MR) is 121 cm³/mol. The van der Waals surface area contributed by atoms with E-state index in [-0.39, 0.29) is 5.91 Å². The molecule has 1 amide bonds. The highest BCUT2D eigenvalue weighted by Gasteiger charge is 2.33. The minimum absolute atomic E-state index is 0.274. The summed E-state index contributed by atoms with van der Waals surface area (Å²) in [7, 11) is 3.94. The quantitative estimate of drug-likeness (QED) is 0.453. The molecule has 2 aromatic carbocycles. The molecular formula is C18H14Cl3N3OS2. The third-order valence-electron chi connectivity index (χ3n) is 3.73. The van der Waals surface area contributed by atoms with Crippen molar-refractivity contribution in [2.24, 2.45) is 0 Å². The number of carbonyl (C=O) groups is 1. The number of nitrogens with zero attached hydrogens (tertiary/aromatic N) is 2. The van der Waals surface area contributed by atoms with E-state index in [9.17, 15) is 4.79 Å². The van der Waals surface area contributed by atoms with Crippen molar-refractivity contribution in [3.8, 4) is 0 Å². The van der Waals surface area contributed by atoms with Crippen LogP contribution in [0.4, 0.5) is 11.4 Å². The Balaban J connectivity index is 1.83. The SMILES string of the molecule is CN(C)c1ccc(/C=C2/SC(=S)N(Nc3c(Cl)cc(Cl)cc3Cl)C2=O)cc1. The Morgan fingerprint density at radius 2 is 1.70 bits per heavy atom. The van der Waals surface area contributed by atoms with Crippen molar-refractivity contribution in [1.29, 1.82) is 0 Å². The summed E-state index contributed by atoms with van der Waals surface area (Å²) in [4.78, 5) is 15.3. The number of hydrogen-bond donors (Lipinski definition) is 1. The third kappa shape index (κ3) is 4.52. The molecule has 0 bridgehead atoms. The molecule has 1 fully saturated rings. The van der Waals surface area contributed by atoms with Crippen LogP contribution in [0.25, 0.3) is 6.08 Å². The average Bonchev–Trinajstić information content (AvgIpc) is 2.85. The number of amides is 1. The zero-order chi connectivity index (χ0) is 19.7. The first kappa shape index (κ1) is 20.3. The molecule has 0 atom stereocenters. The van der Waals surface area contributed by atoms with Crippen molar-refractivity contribution in [2.75, 3.05) is 24.4 Å². The maximum Gasteiger partial charge on any atom is 0.285 e. The maximum absolute atomic E-state index is 12.8. The van der Waals surface area contributed by atoms with E-state index >= 15 is 0 Å². The molecule has 2 aromatic rings. The fraction of sp³-hybridized carbons (Fsp3) is 0.111. The maximum atomic E-state index is 12.8. The van der Waals surface area contributed by atoms with Crippen LogP contribution in [-0.2, 0) is 4.79 Å². The number of halogens is 3. The molecule has 0 aliphatic carbocycles. The van der Waals surface area contributed by atoms with Crippen LogP contribution in [0.15, 0.2) is 41.3 Å². The van der Waals surface area contributed by atoms with E-state index in [2.05, 4.69) is 5.43 Å². The molecule has 27 heavy (non-hydrogen) atoms. The summed E-state index contributed by atoms with van der Waals surface area (Å²) in [5.74, 6) is -0.274. The van der Waals surface area contributed by atoms with E-state index in [1.807, 2.05) is 43.3 Å². The predicted octanol–water partition coefficient (Wildman–Crippen LogP) is 5.94. The molecule has 4 nitrogen and oxygen atoms in total. The largest absolute Gasteiger partial charge is 0.378 e. The van der Waals surface area contributed by atoms with Gasteiger partial charge in [-0.3, -0.25) is 10.2 Å². The van der Waals surface area contributed by atoms with Gasteiger partial charge in [-0.2, -0.15) is 0 Å². The van der Waals surface area contributed by atoms with Gasteiger partial charge in [-0.15, -0.1) is 0 Å². The van der Waals surface area contributed by atoms with Gasteiger partial charge in [0.2, 0.25) is 0 Å². The number of thiocarbonyl (C=S) groups is 1. The smallest absolute Gasteiger partial charge is 0.285 e. The van der Waals surface area contributed by atoms with Gasteiger partial charge in [0.25, 0.3) is 5.91 Å². The number of carbonyl (C=O) groups excluding carboxylic acids is 1. The lowest BCUT2D eigenvalue weighted by atomic mass is 10.2. The normalized spacial score (nSPS) is 15.6. The zero-order valence-corrected chi connectivity index (χ0v) is 18.2. The van der Waals surface area contributed by atoms with Crippen molar-refractivity contribution < 1.29 is 4.79 Å². The molecule has 3 rings (SSSR count). The van der Waals surface area contributed by atoms with E-state index < -0.39 is 0 Å². The van der Waals surface area contributed by atoms with Crippen molar-refractivity contribution in [3.63, 3.8) is 0 Å². The summed E-state index contributed by atoms with van der Waals surface area (Å²) in [6, 6.07) is 10.9. The standard InChI is InChI=1S/C18H14Cl3N3OS2/c1-23(2)12-5-3-10(4-6-12)7-15-17(25)24(18(26)27-15)22-16-13(20)8-11(19)9-14(16)21/h3-9,22H,1-2H3/b15-7+. The van der Waals surface area contributed by atoms with Crippen LogP contribution in [0.2, 0.25) is 15.1 Å². The van der Waals surface area contributed by atoms with Crippen molar-refractivity contribution in [1.82, 2.24) is 5.01 Å². The lowest BCUT2D eigenvalue weighted by Crippen LogP contribution is -2.34. The second-order valence-electron chi connectivity index (χ2n) is 5.86. The number of nitrogens with one attached hydrogen (secondary N) is 1. The minimum atomic E-state index is -0.274. The summed E-state index contributed by atoms with van der Waals surface area (Å²) in [5, 5.41) is 2.25. The second kappa shape index (κ2) is 8.29. The Bertz CT molecular complexity index is 922. The van der Waals surface area contributed by atoms with Crippen LogP contribution in [0.3, 0.4) is 0 Å². The van der Waals surface area contributed by atoms with Crippen molar-refractivity contribution in [3.05, 3.63) is 61.9 Å². The molecule has 0 radical (unpaired) electrons. The molecule has 0 saturated carbocycles. The third-order valence-corrected chi connectivity index (χ3v) is 5.85. The van der Waals surface area contributed by atoms with Crippen LogP contribution < -0.4 is 10.3 Å². The van der Waals surface area contributed by atoms with Gasteiger partial charge in [-0.05, 0) is 48.1 Å². The highest BCUT2D eigenvalue weighted by atomic mass is 35.5. The Kier molecular flexibility index (Phi) is 6.23. The van der Waals surface area contributed by atoms with Crippen LogP contribution in [0.5, 0.6) is 0 Å². The van der Waals surface area contributed by atoms with Gasteiger partial charge in [-0.1, -0.05) is 58.7 Å². The summed E-state index contributed by atoms with van der Waals surface area (Å²) in [6.45, 7) is 0. The van der Waals surface area contributed by atoms with Gasteiger partial charge in [0, 0.05) is 24.8 Å². The first-order valence-electron chi connectivity index (χ1n) is 7.73. The molecule has 0 unspecified atom stereocenters. The summed E-state index contributed by atoms with van der Waals surface area (Å²) in [6.07, 6.45) is 1.80. The number of rotatable bonds is 4. The molecule has 1 aliphatic heterocycles. The molecule has 0 aromatic heterocycles. The fourth-order valence-corrected chi connectivity index (χ4v) is 4.43. The Labute approximate surface area is 182 Å². The number of benzene rings is 2. The summed E-state index contributed by atoms with van der Waals surface area (Å²) in [5.41, 5.74) is 5.25. The van der Waals surface area contributed by atoms with Crippen LogP contribution in [0, 0.1) is 0 Å². The summed E-state index contributed by atoms with van der Waals surface area (Å²) < 4.78 is 0.359. The van der Waals surface area contributed by atoms with E-state index in [1.54, 1.807) is 6.08 Å². The molecule has 9 heteroatoms. The van der Waals surface area contributed by atoms with E-state index in [0.29, 0.717) is 30.0 Å². The first-order chi connectivity index (χ1) is 12.8. The van der Waals surface area contributed by atoms with Crippen LogP contribution in [-0.4, -0.2) is 29.3 Å². The van der Waals surface area contributed by atoms with E-state index in [4.69, 9.17) is 47.0 Å². The van der Waals surface area contributed by atoms with Crippen molar-refractivity contribution >= 4 is 86.5 Å². The fourth-order valence-electron chi connectivity index (χ4n) is 2.34. The zero-order valence-electron chi connectivity index (χ0n) is 14.3. The van der Waals surface area contributed by atoms with Gasteiger partial charge >= 0.3 is 0 Å². The lowest BCUT2D eigenvalue weighted by molar-refractivity contribution is -0.121. The van der Waals surface area contributed by atoms with E-state index in [0.717, 1.165) is 11.3 Å². The van der Waals surface area contributed by atoms with Crippen molar-refractivity contribution in [2.45, 2.75) is 0 Å². The monoisotopic (exact) mass is 457 g/mol. The second-order valence-corrected chi connectivity index (χ2v) is 8.79. The first-order valence-corrected chi connectivity index (χ1v) is 10.1. The van der Waals surface area contributed by atoms with Gasteiger partial charge in [0.1, 0.15) is 0 Å². The average molecular weight is 459 g/mol. The molecular weight excluding hydrogens is 445 g/mol. The molecule has 1 N–H and O–H groups in total. The molecule has 1 aliphatic rings. The number of anilines is 2. The molecule has 140 valence electrons. The number of hydrazine groups is 1. The molecule has 0 spiro atoms. The van der Waals surface area contributed by atoms with Gasteiger partial charge < -0.3 is 4.90 Å². The number of thioether (sulfide) groups is 1. The van der Waals surface area contributed by atoms with Gasteiger partial charge in [0.05, 0.1) is 20.6 Å². The Morgan fingerprint density at radius 1 is 1.11 bits per heavy atom. The summed E-state index contributed by atoms with van der Waals surface area (Å²) >= 11 is 24.8. The highest BCUT2D eigenvalue weighted by Crippen LogP contribution is 2.38. The van der Waals surface area contributed by atoms with Crippen LogP contribution >= 0.6 is 58.8 Å². The van der Waals surface area contributed by atoms with Crippen LogP contribution in [0.1, 0.15) is 5.56 Å². The van der Waals surface area contributed by atoms with Gasteiger partial charge in [0.15, 0.2) is 4.32 Å². The minimum Gasteiger partial charge on any atom is -0.378 e. The lowest BCUT2D eigenvalue weighted by Gasteiger charge is -2.19. The molecule has 1 saturated heterocycles. The highest BCUT2D eigenvalue weighted by molar-refractivity contribution is 8.26. The molecule has 1 heterocycles. The Hall–Kier alpha value is -1.44. The number of hydrogen-bond acceptors (Lipinski definition) is 5. The Morgan fingerprint density at radius 3 is 2.26 bits per heavy atom. The van der Waals surface area contributed by atoms with Gasteiger partial charge in [-0.25, -0.2) is 5.01 Å². The van der Waals surface area contributed by atoms with E-state index in [1.165, 1.54) is 28.9 Å².